The van der Waals surface area contributed by atoms with E-state index in [1.165, 1.54) is 35.6 Å². The van der Waals surface area contributed by atoms with Crippen molar-refractivity contribution in [1.82, 2.24) is 10.2 Å². The van der Waals surface area contributed by atoms with Crippen LogP contribution in [0.15, 0.2) is 48.5 Å². The zero-order valence-corrected chi connectivity index (χ0v) is 16.8. The van der Waals surface area contributed by atoms with Crippen molar-refractivity contribution in [3.05, 3.63) is 54.1 Å². The Hall–Kier alpha value is -2.98. The highest BCUT2D eigenvalue weighted by atomic mass is 32.2. The van der Waals surface area contributed by atoms with Gasteiger partial charge in [-0.1, -0.05) is 11.3 Å². The Bertz CT molecular complexity index is 1060. The number of carbonyl (C=O) groups is 1. The summed E-state index contributed by atoms with van der Waals surface area (Å²) in [4.78, 5) is 12.4. The predicted octanol–water partition coefficient (Wildman–Crippen LogP) is 3.23. The van der Waals surface area contributed by atoms with Crippen LogP contribution < -0.4 is 14.8 Å². The second-order valence-electron chi connectivity index (χ2n) is 5.68. The van der Waals surface area contributed by atoms with Crippen molar-refractivity contribution in [2.45, 2.75) is 6.92 Å². The van der Waals surface area contributed by atoms with E-state index < -0.39 is 10.0 Å². The average molecular weight is 419 g/mol. The fourth-order valence-corrected chi connectivity index (χ4v) is 3.62. The van der Waals surface area contributed by atoms with Crippen LogP contribution >= 0.6 is 11.3 Å². The summed E-state index contributed by atoms with van der Waals surface area (Å²) in [5.74, 6) is 0.358. The maximum Gasteiger partial charge on any atom is 0.257 e. The van der Waals surface area contributed by atoms with E-state index in [9.17, 15) is 13.2 Å². The molecule has 2 N–H and O–H groups in total. The van der Waals surface area contributed by atoms with Crippen molar-refractivity contribution in [2.75, 3.05) is 22.9 Å². The first kappa shape index (κ1) is 19.8. The molecule has 0 radical (unpaired) electrons. The molecule has 0 aliphatic rings. The molecule has 0 bridgehead atoms. The molecule has 8 nitrogen and oxygen atoms in total. The van der Waals surface area contributed by atoms with E-state index >= 15 is 0 Å². The quantitative estimate of drug-likeness (QED) is 0.609. The predicted molar refractivity (Wildman–Crippen MR) is 109 cm³/mol. The largest absolute Gasteiger partial charge is 0.497 e. The third kappa shape index (κ3) is 4.84. The van der Waals surface area contributed by atoms with Crippen molar-refractivity contribution >= 4 is 38.1 Å². The Morgan fingerprint density at radius 3 is 2.36 bits per heavy atom. The summed E-state index contributed by atoms with van der Waals surface area (Å²) >= 11 is 1.25. The van der Waals surface area contributed by atoms with Gasteiger partial charge in [0.25, 0.3) is 5.91 Å². The highest BCUT2D eigenvalue weighted by Crippen LogP contribution is 2.28. The van der Waals surface area contributed by atoms with Gasteiger partial charge in [0.2, 0.25) is 15.2 Å². The van der Waals surface area contributed by atoms with Crippen LogP contribution in [-0.2, 0) is 10.0 Å². The number of methoxy groups -OCH3 is 1. The maximum absolute atomic E-state index is 12.4. The minimum Gasteiger partial charge on any atom is -0.497 e. The molecule has 3 rings (SSSR count). The number of nitrogens with zero attached hydrogens (tertiary/aromatic N) is 2. The molecular weight excluding hydrogens is 400 g/mol. The molecule has 10 heteroatoms. The fourth-order valence-electron chi connectivity index (χ4n) is 2.23. The molecule has 0 unspecified atom stereocenters. The van der Waals surface area contributed by atoms with Crippen LogP contribution in [0.25, 0.3) is 10.6 Å². The molecule has 1 amide bonds. The van der Waals surface area contributed by atoms with Crippen molar-refractivity contribution in [1.29, 1.82) is 0 Å². The Labute approximate surface area is 166 Å². The minimum absolute atomic E-state index is 0.0250. The lowest BCUT2D eigenvalue weighted by atomic mass is 10.2. The van der Waals surface area contributed by atoms with E-state index in [1.54, 1.807) is 14.0 Å². The number of sulfonamides is 1. The zero-order valence-electron chi connectivity index (χ0n) is 15.2. The lowest BCUT2D eigenvalue weighted by molar-refractivity contribution is 0.102. The van der Waals surface area contributed by atoms with Crippen LogP contribution in [0.1, 0.15) is 17.3 Å². The SMILES string of the molecule is CCS(=O)(=O)Nc1ccc(C(=O)Nc2nnc(-c3ccc(OC)cc3)s2)cc1. The molecule has 28 heavy (non-hydrogen) atoms. The lowest BCUT2D eigenvalue weighted by Gasteiger charge is -2.06. The monoisotopic (exact) mass is 418 g/mol. The van der Waals surface area contributed by atoms with Crippen LogP contribution in [0.5, 0.6) is 5.75 Å². The van der Waals surface area contributed by atoms with Crippen LogP contribution in [0.2, 0.25) is 0 Å². The van der Waals surface area contributed by atoms with Gasteiger partial charge >= 0.3 is 0 Å². The summed E-state index contributed by atoms with van der Waals surface area (Å²) in [5.41, 5.74) is 1.64. The number of aromatic nitrogens is 2. The molecular formula is C18H18N4O4S2. The smallest absolute Gasteiger partial charge is 0.257 e. The first-order valence-corrected chi connectivity index (χ1v) is 10.8. The van der Waals surface area contributed by atoms with Gasteiger partial charge in [0.15, 0.2) is 0 Å². The third-order valence-electron chi connectivity index (χ3n) is 3.78. The molecule has 0 atom stereocenters. The van der Waals surface area contributed by atoms with Gasteiger partial charge in [-0.05, 0) is 55.5 Å². The van der Waals surface area contributed by atoms with Crippen molar-refractivity contribution in [3.63, 3.8) is 0 Å². The molecule has 0 saturated heterocycles. The van der Waals surface area contributed by atoms with Gasteiger partial charge < -0.3 is 4.74 Å². The summed E-state index contributed by atoms with van der Waals surface area (Å²) in [6.45, 7) is 1.55. The number of nitrogens with one attached hydrogen (secondary N) is 2. The Kier molecular flexibility index (Phi) is 5.90. The first-order valence-electron chi connectivity index (χ1n) is 8.30. The number of carbonyl (C=O) groups excluding carboxylic acids is 1. The number of ether oxygens (including phenoxy) is 1. The summed E-state index contributed by atoms with van der Waals surface area (Å²) in [6.07, 6.45) is 0. The van der Waals surface area contributed by atoms with Crippen LogP contribution in [0.3, 0.4) is 0 Å². The molecule has 3 aromatic rings. The Morgan fingerprint density at radius 2 is 1.75 bits per heavy atom. The third-order valence-corrected chi connectivity index (χ3v) is 5.98. The highest BCUT2D eigenvalue weighted by molar-refractivity contribution is 7.92. The number of benzene rings is 2. The molecule has 1 heterocycles. The van der Waals surface area contributed by atoms with E-state index in [0.717, 1.165) is 11.3 Å². The number of anilines is 2. The van der Waals surface area contributed by atoms with Crippen LogP contribution in [-0.4, -0.2) is 37.4 Å². The number of amides is 1. The second-order valence-corrected chi connectivity index (χ2v) is 8.67. The topological polar surface area (TPSA) is 110 Å². The first-order chi connectivity index (χ1) is 13.4. The highest BCUT2D eigenvalue weighted by Gasteiger charge is 2.12. The van der Waals surface area contributed by atoms with Crippen LogP contribution in [0, 0.1) is 0 Å². The normalized spacial score (nSPS) is 11.1. The summed E-state index contributed by atoms with van der Waals surface area (Å²) in [7, 11) is -1.76. The number of rotatable bonds is 7. The van der Waals surface area contributed by atoms with Crippen molar-refractivity contribution in [3.8, 4) is 16.3 Å². The standard InChI is InChI=1S/C18H18N4O4S2/c1-3-28(24,25)22-14-8-4-12(5-9-14)16(23)19-18-21-20-17(27-18)13-6-10-15(26-2)11-7-13/h4-11,22H,3H2,1-2H3,(H,19,21,23). The van der Waals surface area contributed by atoms with Gasteiger partial charge in [-0.3, -0.25) is 14.8 Å². The van der Waals surface area contributed by atoms with Gasteiger partial charge in [0.05, 0.1) is 12.9 Å². The molecule has 0 saturated carbocycles. The summed E-state index contributed by atoms with van der Waals surface area (Å²) in [6, 6.07) is 13.5. The van der Waals surface area contributed by atoms with Crippen molar-refractivity contribution < 1.29 is 17.9 Å². The fraction of sp³-hybridized carbons (Fsp3) is 0.167. The van der Waals surface area contributed by atoms with E-state index in [0.29, 0.717) is 21.4 Å². The van der Waals surface area contributed by atoms with E-state index in [4.69, 9.17) is 4.74 Å². The molecule has 0 aliphatic heterocycles. The summed E-state index contributed by atoms with van der Waals surface area (Å²) < 4.78 is 30.7. The van der Waals surface area contributed by atoms with Gasteiger partial charge in [-0.15, -0.1) is 10.2 Å². The van der Waals surface area contributed by atoms with E-state index in [-0.39, 0.29) is 11.7 Å². The van der Waals surface area contributed by atoms with E-state index in [1.807, 2.05) is 24.3 Å². The van der Waals surface area contributed by atoms with Crippen molar-refractivity contribution in [2.24, 2.45) is 0 Å². The molecule has 2 aromatic carbocycles. The second kappa shape index (κ2) is 8.36. The molecule has 146 valence electrons. The lowest BCUT2D eigenvalue weighted by Crippen LogP contribution is -2.15. The van der Waals surface area contributed by atoms with Gasteiger partial charge in [0, 0.05) is 16.8 Å². The van der Waals surface area contributed by atoms with Gasteiger partial charge in [-0.2, -0.15) is 0 Å². The Morgan fingerprint density at radius 1 is 1.07 bits per heavy atom. The van der Waals surface area contributed by atoms with Gasteiger partial charge in [0.1, 0.15) is 10.8 Å². The number of hydrogen-bond acceptors (Lipinski definition) is 7. The molecule has 0 spiro atoms. The van der Waals surface area contributed by atoms with Crippen LogP contribution in [0.4, 0.5) is 10.8 Å². The molecule has 0 aliphatic carbocycles. The molecule has 0 fully saturated rings. The minimum atomic E-state index is -3.36. The Balaban J connectivity index is 1.67. The maximum atomic E-state index is 12.4. The zero-order chi connectivity index (χ0) is 20.1. The number of hydrogen-bond donors (Lipinski definition) is 2. The van der Waals surface area contributed by atoms with Gasteiger partial charge in [-0.25, -0.2) is 8.42 Å². The summed E-state index contributed by atoms with van der Waals surface area (Å²) in [5, 5.41) is 11.8. The average Bonchev–Trinajstić information content (AvgIpc) is 3.16. The van der Waals surface area contributed by atoms with E-state index in [2.05, 4.69) is 20.2 Å². The molecule has 1 aromatic heterocycles.